The Morgan fingerprint density at radius 1 is 1.20 bits per heavy atom. The average molecular weight is 541 g/mol. The second kappa shape index (κ2) is 14.1. The molecule has 30 heavy (non-hydrogen) atoms. The molecule has 0 radical (unpaired) electrons. The second-order valence-electron chi connectivity index (χ2n) is 7.65. The first-order chi connectivity index (χ1) is 13.9. The molecule has 0 bridgehead atoms. The molecule has 0 atom stereocenters. The first-order valence-electron chi connectivity index (χ1n) is 10.4. The maximum atomic E-state index is 12.4. The van der Waals surface area contributed by atoms with Crippen LogP contribution in [-0.2, 0) is 6.54 Å². The fraction of sp³-hybridized carbons (Fsp3) is 0.667. The number of alkyl halides is 3. The predicted molar refractivity (Wildman–Crippen MR) is 127 cm³/mol. The van der Waals surface area contributed by atoms with Crippen LogP contribution in [-0.4, -0.2) is 74.3 Å². The van der Waals surface area contributed by atoms with Crippen molar-refractivity contribution in [3.05, 3.63) is 35.9 Å². The number of rotatable bonds is 9. The van der Waals surface area contributed by atoms with Gasteiger partial charge >= 0.3 is 6.18 Å². The van der Waals surface area contributed by atoms with E-state index in [-0.39, 0.29) is 24.0 Å². The number of hydrogen-bond donors (Lipinski definition) is 2. The summed E-state index contributed by atoms with van der Waals surface area (Å²) in [4.78, 5) is 8.29. The quantitative estimate of drug-likeness (QED) is 0.217. The first-order valence-corrected chi connectivity index (χ1v) is 10.4. The lowest BCUT2D eigenvalue weighted by Gasteiger charge is -2.33. The third kappa shape index (κ3) is 11.4. The number of piperidine rings is 1. The summed E-state index contributed by atoms with van der Waals surface area (Å²) in [5, 5.41) is 6.73. The summed E-state index contributed by atoms with van der Waals surface area (Å²) in [5.74, 6) is 0.757. The molecule has 1 saturated heterocycles. The van der Waals surface area contributed by atoms with Crippen molar-refractivity contribution >= 4 is 29.9 Å². The molecular formula is C21H35F3IN5. The van der Waals surface area contributed by atoms with E-state index in [0.29, 0.717) is 25.6 Å². The van der Waals surface area contributed by atoms with Crippen LogP contribution in [0.5, 0.6) is 0 Å². The largest absolute Gasteiger partial charge is 0.401 e. The fourth-order valence-corrected chi connectivity index (χ4v) is 3.51. The third-order valence-corrected chi connectivity index (χ3v) is 4.94. The van der Waals surface area contributed by atoms with E-state index in [1.54, 1.807) is 0 Å². The number of halogens is 4. The molecule has 0 saturated carbocycles. The molecule has 1 aromatic rings. The number of nitrogens with zero attached hydrogens (tertiary/aromatic N) is 3. The molecule has 0 amide bonds. The van der Waals surface area contributed by atoms with Gasteiger partial charge in [0.1, 0.15) is 0 Å². The Balaban J connectivity index is 0.00000450. The van der Waals surface area contributed by atoms with Crippen LogP contribution in [0.2, 0.25) is 0 Å². The molecule has 1 heterocycles. The minimum absolute atomic E-state index is 0. The summed E-state index contributed by atoms with van der Waals surface area (Å²) in [5.41, 5.74) is 1.34. The van der Waals surface area contributed by atoms with Crippen LogP contribution in [0.15, 0.2) is 35.3 Å². The topological polar surface area (TPSA) is 42.9 Å². The molecule has 9 heteroatoms. The van der Waals surface area contributed by atoms with Crippen molar-refractivity contribution < 1.29 is 13.2 Å². The van der Waals surface area contributed by atoms with E-state index in [4.69, 9.17) is 0 Å². The zero-order valence-electron chi connectivity index (χ0n) is 17.9. The van der Waals surface area contributed by atoms with Crippen LogP contribution in [0.3, 0.4) is 0 Å². The average Bonchev–Trinajstić information content (AvgIpc) is 2.66. The molecule has 172 valence electrons. The molecule has 2 rings (SSSR count). The molecule has 0 aromatic heterocycles. The normalized spacial score (nSPS) is 16.4. The number of guanidine groups is 1. The second-order valence-corrected chi connectivity index (χ2v) is 7.65. The Labute approximate surface area is 195 Å². The Kier molecular flexibility index (Phi) is 12.7. The van der Waals surface area contributed by atoms with Gasteiger partial charge in [-0.2, -0.15) is 13.2 Å². The summed E-state index contributed by atoms with van der Waals surface area (Å²) >= 11 is 0. The maximum Gasteiger partial charge on any atom is 0.401 e. The monoisotopic (exact) mass is 541 g/mol. The smallest absolute Gasteiger partial charge is 0.357 e. The van der Waals surface area contributed by atoms with Crippen molar-refractivity contribution in [3.8, 4) is 0 Å². The van der Waals surface area contributed by atoms with Gasteiger partial charge in [0.05, 0.1) is 6.54 Å². The van der Waals surface area contributed by atoms with Crippen LogP contribution in [0.1, 0.15) is 31.7 Å². The molecule has 1 fully saturated rings. The van der Waals surface area contributed by atoms with Crippen molar-refractivity contribution in [2.75, 3.05) is 46.3 Å². The third-order valence-electron chi connectivity index (χ3n) is 4.94. The van der Waals surface area contributed by atoms with Gasteiger partial charge in [0, 0.05) is 38.8 Å². The Morgan fingerprint density at radius 3 is 2.47 bits per heavy atom. The number of hydrogen-bond acceptors (Lipinski definition) is 3. The van der Waals surface area contributed by atoms with E-state index < -0.39 is 12.7 Å². The van der Waals surface area contributed by atoms with E-state index in [1.165, 1.54) is 17.5 Å². The van der Waals surface area contributed by atoms with Crippen LogP contribution in [0, 0.1) is 0 Å². The molecule has 1 aliphatic heterocycles. The summed E-state index contributed by atoms with van der Waals surface area (Å²) < 4.78 is 37.1. The van der Waals surface area contributed by atoms with Gasteiger partial charge in [-0.3, -0.25) is 14.8 Å². The van der Waals surface area contributed by atoms with Crippen molar-refractivity contribution in [2.24, 2.45) is 4.99 Å². The van der Waals surface area contributed by atoms with Gasteiger partial charge in [-0.05, 0) is 45.3 Å². The van der Waals surface area contributed by atoms with Crippen molar-refractivity contribution in [1.29, 1.82) is 0 Å². The lowest BCUT2D eigenvalue weighted by Crippen LogP contribution is -2.48. The summed E-state index contributed by atoms with van der Waals surface area (Å²) in [6.07, 6.45) is -1.46. The SMILES string of the molecule is CCNC(=NCCCN(C)CC(F)(F)F)NC1CCN(Cc2ccccc2)CC1.I. The minimum Gasteiger partial charge on any atom is -0.357 e. The zero-order valence-corrected chi connectivity index (χ0v) is 20.2. The summed E-state index contributed by atoms with van der Waals surface area (Å²) in [7, 11) is 1.49. The van der Waals surface area contributed by atoms with Gasteiger partial charge < -0.3 is 10.6 Å². The Morgan fingerprint density at radius 2 is 1.87 bits per heavy atom. The standard InChI is InChI=1S/C21H34F3N5.HI/c1-3-25-20(26-12-7-13-28(2)17-21(22,23)24)27-19-10-14-29(15-11-19)16-18-8-5-4-6-9-18;/h4-6,8-9,19H,3,7,10-17H2,1-2H3,(H2,25,26,27);1H. The van der Waals surface area contributed by atoms with Gasteiger partial charge in [-0.1, -0.05) is 30.3 Å². The molecule has 0 aliphatic carbocycles. The van der Waals surface area contributed by atoms with E-state index in [9.17, 15) is 13.2 Å². The van der Waals surface area contributed by atoms with E-state index in [2.05, 4.69) is 44.8 Å². The van der Waals surface area contributed by atoms with Gasteiger partial charge in [0.15, 0.2) is 5.96 Å². The molecule has 0 unspecified atom stereocenters. The minimum atomic E-state index is -4.15. The van der Waals surface area contributed by atoms with Crippen molar-refractivity contribution in [2.45, 2.75) is 44.9 Å². The summed E-state index contributed by atoms with van der Waals surface area (Å²) in [6.45, 7) is 5.82. The molecule has 1 aromatic carbocycles. The van der Waals surface area contributed by atoms with Crippen LogP contribution < -0.4 is 10.6 Å². The highest BCUT2D eigenvalue weighted by molar-refractivity contribution is 14.0. The van der Waals surface area contributed by atoms with E-state index in [0.717, 1.165) is 45.0 Å². The van der Waals surface area contributed by atoms with Crippen LogP contribution in [0.25, 0.3) is 0 Å². The molecule has 1 aliphatic rings. The molecule has 0 spiro atoms. The molecular weight excluding hydrogens is 506 g/mol. The highest BCUT2D eigenvalue weighted by atomic mass is 127. The maximum absolute atomic E-state index is 12.4. The zero-order chi connectivity index (χ0) is 21.1. The van der Waals surface area contributed by atoms with Gasteiger partial charge in [-0.15, -0.1) is 24.0 Å². The van der Waals surface area contributed by atoms with Gasteiger partial charge in [0.2, 0.25) is 0 Å². The number of nitrogens with one attached hydrogen (secondary N) is 2. The first kappa shape index (κ1) is 27.0. The van der Waals surface area contributed by atoms with E-state index in [1.807, 2.05) is 13.0 Å². The number of benzene rings is 1. The Bertz CT molecular complexity index is 604. The molecule has 2 N–H and O–H groups in total. The van der Waals surface area contributed by atoms with Crippen LogP contribution in [0.4, 0.5) is 13.2 Å². The van der Waals surface area contributed by atoms with Crippen LogP contribution >= 0.6 is 24.0 Å². The van der Waals surface area contributed by atoms with Gasteiger partial charge in [0.25, 0.3) is 0 Å². The highest BCUT2D eigenvalue weighted by Crippen LogP contribution is 2.16. The van der Waals surface area contributed by atoms with Crippen molar-refractivity contribution in [1.82, 2.24) is 20.4 Å². The van der Waals surface area contributed by atoms with Gasteiger partial charge in [-0.25, -0.2) is 0 Å². The predicted octanol–water partition coefficient (Wildman–Crippen LogP) is 3.71. The highest BCUT2D eigenvalue weighted by Gasteiger charge is 2.28. The fourth-order valence-electron chi connectivity index (χ4n) is 3.51. The molecule has 5 nitrogen and oxygen atoms in total. The lowest BCUT2D eigenvalue weighted by atomic mass is 10.0. The Hall–Kier alpha value is -1.07. The summed E-state index contributed by atoms with van der Waals surface area (Å²) in [6, 6.07) is 10.9. The van der Waals surface area contributed by atoms with E-state index >= 15 is 0 Å². The number of aliphatic imine (C=N–C) groups is 1. The van der Waals surface area contributed by atoms with Crippen molar-refractivity contribution in [3.63, 3.8) is 0 Å². The number of likely N-dealkylation sites (tertiary alicyclic amines) is 1. The lowest BCUT2D eigenvalue weighted by molar-refractivity contribution is -0.143.